The first-order chi connectivity index (χ1) is 10.1. The molecule has 0 radical (unpaired) electrons. The van der Waals surface area contributed by atoms with E-state index < -0.39 is 18.0 Å². The maximum absolute atomic E-state index is 12.0. The first kappa shape index (κ1) is 14.6. The second-order valence-corrected chi connectivity index (χ2v) is 4.26. The molecule has 0 saturated carbocycles. The molecule has 0 aliphatic rings. The number of carbonyl (C=O) groups is 2. The highest BCUT2D eigenvalue weighted by Gasteiger charge is 2.26. The maximum Gasteiger partial charge on any atom is 0.359 e. The molecule has 21 heavy (non-hydrogen) atoms. The van der Waals surface area contributed by atoms with Crippen molar-refractivity contribution >= 4 is 11.9 Å². The monoisotopic (exact) mass is 286 g/mol. The molecule has 2 rings (SSSR count). The lowest BCUT2D eigenvalue weighted by Gasteiger charge is -2.15. The van der Waals surface area contributed by atoms with Crippen LogP contribution >= 0.6 is 0 Å². The van der Waals surface area contributed by atoms with Gasteiger partial charge in [0.2, 0.25) is 6.10 Å². The number of rotatable bonds is 4. The Kier molecular flexibility index (Phi) is 4.61. The summed E-state index contributed by atoms with van der Waals surface area (Å²) in [5, 5.41) is 0. The molecule has 6 heteroatoms. The number of ether oxygens (including phenoxy) is 2. The average Bonchev–Trinajstić information content (AvgIpc) is 2.53. The molecule has 0 aliphatic carbocycles. The van der Waals surface area contributed by atoms with Gasteiger partial charge in [-0.3, -0.25) is 4.98 Å². The van der Waals surface area contributed by atoms with Crippen LogP contribution in [0, 0.1) is 6.92 Å². The molecular weight excluding hydrogens is 272 g/mol. The Balaban J connectivity index is 2.21. The van der Waals surface area contributed by atoms with Crippen molar-refractivity contribution < 1.29 is 19.1 Å². The lowest BCUT2D eigenvalue weighted by molar-refractivity contribution is -0.151. The van der Waals surface area contributed by atoms with Gasteiger partial charge in [0.05, 0.1) is 19.0 Å². The summed E-state index contributed by atoms with van der Waals surface area (Å²) in [5.41, 5.74) is 1.24. The van der Waals surface area contributed by atoms with Gasteiger partial charge in [-0.05, 0) is 6.92 Å². The molecule has 0 saturated heterocycles. The number of methoxy groups -OCH3 is 1. The summed E-state index contributed by atoms with van der Waals surface area (Å²) in [6.07, 6.45) is 1.62. The van der Waals surface area contributed by atoms with Gasteiger partial charge in [-0.25, -0.2) is 14.6 Å². The minimum atomic E-state index is -1.13. The second-order valence-electron chi connectivity index (χ2n) is 4.26. The summed E-state index contributed by atoms with van der Waals surface area (Å²) in [4.78, 5) is 31.7. The van der Waals surface area contributed by atoms with E-state index >= 15 is 0 Å². The topological polar surface area (TPSA) is 78.4 Å². The Hall–Kier alpha value is -2.76. The van der Waals surface area contributed by atoms with E-state index in [4.69, 9.17) is 4.74 Å². The van der Waals surface area contributed by atoms with Crippen molar-refractivity contribution in [1.29, 1.82) is 0 Å². The van der Waals surface area contributed by atoms with Gasteiger partial charge in [-0.1, -0.05) is 30.3 Å². The summed E-state index contributed by atoms with van der Waals surface area (Å²) in [5.74, 6) is -1.39. The van der Waals surface area contributed by atoms with Gasteiger partial charge in [0.1, 0.15) is 0 Å². The molecule has 0 fully saturated rings. The van der Waals surface area contributed by atoms with Crippen LogP contribution in [0.5, 0.6) is 0 Å². The molecule has 0 amide bonds. The highest BCUT2D eigenvalue weighted by Crippen LogP contribution is 2.20. The van der Waals surface area contributed by atoms with Crippen molar-refractivity contribution in [3.05, 3.63) is 59.7 Å². The van der Waals surface area contributed by atoms with Gasteiger partial charge in [0.15, 0.2) is 5.69 Å². The van der Waals surface area contributed by atoms with Gasteiger partial charge < -0.3 is 9.47 Å². The maximum atomic E-state index is 12.0. The first-order valence-electron chi connectivity index (χ1n) is 6.24. The van der Waals surface area contributed by atoms with Crippen LogP contribution in [0.25, 0.3) is 0 Å². The lowest BCUT2D eigenvalue weighted by atomic mass is 10.1. The number of aryl methyl sites for hydroxylation is 1. The van der Waals surface area contributed by atoms with Crippen LogP contribution in [0.4, 0.5) is 0 Å². The minimum absolute atomic E-state index is 0.0328. The molecule has 2 aromatic rings. The molecule has 108 valence electrons. The normalized spacial score (nSPS) is 11.5. The fourth-order valence-corrected chi connectivity index (χ4v) is 1.65. The van der Waals surface area contributed by atoms with Gasteiger partial charge in [0, 0.05) is 11.8 Å². The Morgan fingerprint density at radius 2 is 1.81 bits per heavy atom. The van der Waals surface area contributed by atoms with Crippen molar-refractivity contribution in [3.63, 3.8) is 0 Å². The van der Waals surface area contributed by atoms with Crippen LogP contribution in [0.1, 0.15) is 27.8 Å². The Bertz CT molecular complexity index is 626. The van der Waals surface area contributed by atoms with E-state index in [1.807, 2.05) is 0 Å². The van der Waals surface area contributed by atoms with Crippen LogP contribution in [0.3, 0.4) is 0 Å². The van der Waals surface area contributed by atoms with Crippen LogP contribution in [0.2, 0.25) is 0 Å². The van der Waals surface area contributed by atoms with Crippen LogP contribution in [-0.2, 0) is 14.3 Å². The molecule has 6 nitrogen and oxygen atoms in total. The minimum Gasteiger partial charge on any atom is -0.466 e. The molecule has 1 heterocycles. The highest BCUT2D eigenvalue weighted by molar-refractivity contribution is 5.89. The van der Waals surface area contributed by atoms with E-state index in [0.717, 1.165) is 0 Å². The number of aromatic nitrogens is 2. The quantitative estimate of drug-likeness (QED) is 0.798. The van der Waals surface area contributed by atoms with Crippen molar-refractivity contribution in [2.45, 2.75) is 13.0 Å². The number of hydrogen-bond donors (Lipinski definition) is 0. The molecular formula is C15H14N2O4. The summed E-state index contributed by atoms with van der Waals surface area (Å²) in [6.45, 7) is 1.75. The van der Waals surface area contributed by atoms with Crippen molar-refractivity contribution in [2.75, 3.05) is 7.11 Å². The van der Waals surface area contributed by atoms with Crippen LogP contribution in [-0.4, -0.2) is 29.0 Å². The van der Waals surface area contributed by atoms with Gasteiger partial charge >= 0.3 is 11.9 Å². The SMILES string of the molecule is COC(=O)C(OC(=O)c1cnc(C)cn1)c1ccccc1. The molecule has 1 unspecified atom stereocenters. The van der Waals surface area contributed by atoms with E-state index in [1.54, 1.807) is 37.3 Å². The van der Waals surface area contributed by atoms with Crippen molar-refractivity contribution in [3.8, 4) is 0 Å². The molecule has 1 aromatic carbocycles. The molecule has 1 atom stereocenters. The third-order valence-electron chi connectivity index (χ3n) is 2.73. The first-order valence-corrected chi connectivity index (χ1v) is 6.24. The van der Waals surface area contributed by atoms with E-state index in [-0.39, 0.29) is 5.69 Å². The second kappa shape index (κ2) is 6.60. The number of carbonyl (C=O) groups excluding carboxylic acids is 2. The Morgan fingerprint density at radius 3 is 2.38 bits per heavy atom. The predicted octanol–water partition coefficient (Wildman–Crippen LogP) is 1.86. The van der Waals surface area contributed by atoms with Gasteiger partial charge in [-0.2, -0.15) is 0 Å². The van der Waals surface area contributed by atoms with Crippen molar-refractivity contribution in [2.24, 2.45) is 0 Å². The van der Waals surface area contributed by atoms with Crippen LogP contribution < -0.4 is 0 Å². The third-order valence-corrected chi connectivity index (χ3v) is 2.73. The van der Waals surface area contributed by atoms with Gasteiger partial charge in [0.25, 0.3) is 0 Å². The lowest BCUT2D eigenvalue weighted by Crippen LogP contribution is -2.21. The standard InChI is InChI=1S/C15H14N2O4/c1-10-8-17-12(9-16-10)14(18)21-13(15(19)20-2)11-6-4-3-5-7-11/h3-9,13H,1-2H3. The molecule has 0 aliphatic heterocycles. The number of hydrogen-bond acceptors (Lipinski definition) is 6. The predicted molar refractivity (Wildman–Crippen MR) is 73.4 cm³/mol. The van der Waals surface area contributed by atoms with Crippen LogP contribution in [0.15, 0.2) is 42.7 Å². The molecule has 1 aromatic heterocycles. The Labute approximate surface area is 121 Å². The summed E-state index contributed by atoms with van der Waals surface area (Å²) >= 11 is 0. The van der Waals surface area contributed by atoms with E-state index in [9.17, 15) is 9.59 Å². The summed E-state index contributed by atoms with van der Waals surface area (Å²) < 4.78 is 9.87. The zero-order valence-electron chi connectivity index (χ0n) is 11.6. The number of benzene rings is 1. The van der Waals surface area contributed by atoms with E-state index in [0.29, 0.717) is 11.3 Å². The zero-order valence-corrected chi connectivity index (χ0v) is 11.6. The summed E-state index contributed by atoms with van der Waals surface area (Å²) in [6, 6.07) is 8.63. The fourth-order valence-electron chi connectivity index (χ4n) is 1.65. The Morgan fingerprint density at radius 1 is 1.10 bits per heavy atom. The largest absolute Gasteiger partial charge is 0.466 e. The molecule has 0 spiro atoms. The van der Waals surface area contributed by atoms with Crippen molar-refractivity contribution in [1.82, 2.24) is 9.97 Å². The smallest absolute Gasteiger partial charge is 0.359 e. The molecule has 0 bridgehead atoms. The zero-order chi connectivity index (χ0) is 15.2. The molecule has 0 N–H and O–H groups in total. The fraction of sp³-hybridized carbons (Fsp3) is 0.200. The number of esters is 2. The highest BCUT2D eigenvalue weighted by atomic mass is 16.6. The van der Waals surface area contributed by atoms with Gasteiger partial charge in [-0.15, -0.1) is 0 Å². The third kappa shape index (κ3) is 3.62. The summed E-state index contributed by atoms with van der Waals surface area (Å²) in [7, 11) is 1.23. The van der Waals surface area contributed by atoms with E-state index in [1.165, 1.54) is 19.5 Å². The van der Waals surface area contributed by atoms with E-state index in [2.05, 4.69) is 14.7 Å². The number of nitrogens with zero attached hydrogens (tertiary/aromatic N) is 2. The average molecular weight is 286 g/mol.